The van der Waals surface area contributed by atoms with Gasteiger partial charge in [-0.15, -0.1) is 11.3 Å². The number of alkyl halides is 3. The van der Waals surface area contributed by atoms with Crippen molar-refractivity contribution in [3.63, 3.8) is 0 Å². The lowest BCUT2D eigenvalue weighted by molar-refractivity contribution is -0.137. The molecule has 2 heterocycles. The summed E-state index contributed by atoms with van der Waals surface area (Å²) in [5.41, 5.74) is 0.232. The number of benzene rings is 1. The van der Waals surface area contributed by atoms with Crippen molar-refractivity contribution in [3.05, 3.63) is 56.3 Å². The SMILES string of the molecule is Cc1c(C(=O)O)sc2nc(Cc3cccc(C(F)(F)F)c3)[nH]c(=S)c12. The third-order valence-electron chi connectivity index (χ3n) is 3.67. The van der Waals surface area contributed by atoms with E-state index >= 15 is 0 Å². The normalized spacial score (nSPS) is 11.8. The van der Waals surface area contributed by atoms with Crippen LogP contribution in [0.4, 0.5) is 13.2 Å². The van der Waals surface area contributed by atoms with Crippen LogP contribution in [0.5, 0.6) is 0 Å². The first-order valence-electron chi connectivity index (χ1n) is 7.08. The highest BCUT2D eigenvalue weighted by atomic mass is 32.1. The van der Waals surface area contributed by atoms with Crippen molar-refractivity contribution >= 4 is 39.7 Å². The van der Waals surface area contributed by atoms with Gasteiger partial charge in [0.05, 0.1) is 5.56 Å². The van der Waals surface area contributed by atoms with Gasteiger partial charge in [-0.3, -0.25) is 0 Å². The topological polar surface area (TPSA) is 66.0 Å². The van der Waals surface area contributed by atoms with E-state index in [0.717, 1.165) is 23.5 Å². The number of aromatic carboxylic acids is 1. The number of nitrogens with one attached hydrogen (secondary N) is 1. The van der Waals surface area contributed by atoms with Gasteiger partial charge in [-0.1, -0.05) is 30.4 Å². The molecule has 130 valence electrons. The van der Waals surface area contributed by atoms with E-state index in [1.807, 2.05) is 0 Å². The number of carbonyl (C=O) groups is 1. The van der Waals surface area contributed by atoms with Gasteiger partial charge in [0.1, 0.15) is 20.2 Å². The Morgan fingerprint density at radius 2 is 2.12 bits per heavy atom. The van der Waals surface area contributed by atoms with Gasteiger partial charge in [0, 0.05) is 11.8 Å². The van der Waals surface area contributed by atoms with Gasteiger partial charge in [0.25, 0.3) is 0 Å². The largest absolute Gasteiger partial charge is 0.477 e. The maximum atomic E-state index is 12.8. The van der Waals surface area contributed by atoms with Crippen LogP contribution in [0.1, 0.15) is 32.2 Å². The molecular formula is C16H11F3N2O2S2. The molecule has 0 radical (unpaired) electrons. The summed E-state index contributed by atoms with van der Waals surface area (Å²) >= 11 is 6.27. The van der Waals surface area contributed by atoms with Gasteiger partial charge >= 0.3 is 12.1 Å². The van der Waals surface area contributed by atoms with Crippen molar-refractivity contribution in [2.24, 2.45) is 0 Å². The van der Waals surface area contributed by atoms with Crippen LogP contribution < -0.4 is 0 Å². The van der Waals surface area contributed by atoms with Crippen molar-refractivity contribution in [2.75, 3.05) is 0 Å². The number of rotatable bonds is 3. The summed E-state index contributed by atoms with van der Waals surface area (Å²) < 4.78 is 38.8. The number of hydrogen-bond acceptors (Lipinski definition) is 4. The highest BCUT2D eigenvalue weighted by Crippen LogP contribution is 2.31. The Labute approximate surface area is 149 Å². The van der Waals surface area contributed by atoms with Gasteiger partial charge < -0.3 is 10.1 Å². The number of aromatic amines is 1. The molecule has 0 spiro atoms. The zero-order valence-corrected chi connectivity index (χ0v) is 14.4. The number of nitrogens with zero attached hydrogens (tertiary/aromatic N) is 1. The summed E-state index contributed by atoms with van der Waals surface area (Å²) in [4.78, 5) is 19.1. The Hall–Kier alpha value is -2.26. The molecule has 9 heteroatoms. The summed E-state index contributed by atoms with van der Waals surface area (Å²) in [6.45, 7) is 1.65. The lowest BCUT2D eigenvalue weighted by Crippen LogP contribution is -2.06. The average Bonchev–Trinajstić information content (AvgIpc) is 2.84. The van der Waals surface area contributed by atoms with E-state index in [0.29, 0.717) is 31.8 Å². The summed E-state index contributed by atoms with van der Waals surface area (Å²) in [5.74, 6) is -0.677. The molecule has 0 aliphatic rings. The van der Waals surface area contributed by atoms with Crippen LogP contribution in [0, 0.1) is 11.6 Å². The molecule has 0 atom stereocenters. The molecule has 0 fully saturated rings. The number of hydrogen-bond donors (Lipinski definition) is 2. The molecule has 0 saturated heterocycles. The van der Waals surface area contributed by atoms with Crippen molar-refractivity contribution in [3.8, 4) is 0 Å². The van der Waals surface area contributed by atoms with Crippen LogP contribution in [-0.4, -0.2) is 21.0 Å². The fourth-order valence-corrected chi connectivity index (χ4v) is 4.01. The Bertz CT molecular complexity index is 1040. The molecule has 0 aliphatic heterocycles. The third-order valence-corrected chi connectivity index (χ3v) is 5.15. The van der Waals surface area contributed by atoms with E-state index in [1.165, 1.54) is 6.07 Å². The summed E-state index contributed by atoms with van der Waals surface area (Å²) in [6, 6.07) is 4.97. The van der Waals surface area contributed by atoms with Crippen molar-refractivity contribution in [1.82, 2.24) is 9.97 Å². The maximum absolute atomic E-state index is 12.8. The van der Waals surface area contributed by atoms with Crippen molar-refractivity contribution < 1.29 is 23.1 Å². The second-order valence-corrected chi connectivity index (χ2v) is 6.84. The zero-order valence-electron chi connectivity index (χ0n) is 12.8. The quantitative estimate of drug-likeness (QED) is 0.626. The number of halogens is 3. The van der Waals surface area contributed by atoms with Gasteiger partial charge in [-0.25, -0.2) is 9.78 Å². The monoisotopic (exact) mass is 384 g/mol. The van der Waals surface area contributed by atoms with Crippen LogP contribution in [0.3, 0.4) is 0 Å². The second kappa shape index (κ2) is 6.23. The van der Waals surface area contributed by atoms with Crippen LogP contribution >= 0.6 is 23.6 Å². The Morgan fingerprint density at radius 1 is 1.40 bits per heavy atom. The average molecular weight is 384 g/mol. The van der Waals surface area contributed by atoms with E-state index < -0.39 is 17.7 Å². The minimum atomic E-state index is -4.42. The predicted octanol–water partition coefficient (Wildman–Crippen LogP) is 4.97. The number of aromatic nitrogens is 2. The molecule has 2 N–H and O–H groups in total. The number of fused-ring (bicyclic) bond motifs is 1. The van der Waals surface area contributed by atoms with Crippen LogP contribution in [0.25, 0.3) is 10.2 Å². The minimum absolute atomic E-state index is 0.128. The Morgan fingerprint density at radius 3 is 2.76 bits per heavy atom. The lowest BCUT2D eigenvalue weighted by Gasteiger charge is -2.08. The van der Waals surface area contributed by atoms with E-state index in [-0.39, 0.29) is 11.3 Å². The van der Waals surface area contributed by atoms with E-state index in [4.69, 9.17) is 12.2 Å². The van der Waals surface area contributed by atoms with Gasteiger partial charge in [-0.05, 0) is 24.1 Å². The second-order valence-electron chi connectivity index (χ2n) is 5.43. The molecule has 3 rings (SSSR count). The molecule has 0 bridgehead atoms. The molecule has 3 aromatic rings. The molecule has 4 nitrogen and oxygen atoms in total. The van der Waals surface area contributed by atoms with E-state index in [9.17, 15) is 23.1 Å². The van der Waals surface area contributed by atoms with E-state index in [2.05, 4.69) is 9.97 Å². The summed E-state index contributed by atoms with van der Waals surface area (Å²) in [5, 5.41) is 9.76. The molecule has 25 heavy (non-hydrogen) atoms. The number of H-pyrrole nitrogens is 1. The summed E-state index contributed by atoms with van der Waals surface area (Å²) in [6.07, 6.45) is -4.29. The molecular weight excluding hydrogens is 373 g/mol. The first-order chi connectivity index (χ1) is 11.7. The Balaban J connectivity index is 2.03. The highest BCUT2D eigenvalue weighted by molar-refractivity contribution is 7.71. The molecule has 0 saturated carbocycles. The fourth-order valence-electron chi connectivity index (χ4n) is 2.53. The van der Waals surface area contributed by atoms with Gasteiger partial charge in [0.2, 0.25) is 0 Å². The number of thiophene rings is 1. The van der Waals surface area contributed by atoms with Gasteiger partial charge in [-0.2, -0.15) is 13.2 Å². The van der Waals surface area contributed by atoms with Gasteiger partial charge in [0.15, 0.2) is 0 Å². The smallest absolute Gasteiger partial charge is 0.416 e. The third kappa shape index (κ3) is 3.42. The summed E-state index contributed by atoms with van der Waals surface area (Å²) in [7, 11) is 0. The van der Waals surface area contributed by atoms with Crippen molar-refractivity contribution in [1.29, 1.82) is 0 Å². The zero-order chi connectivity index (χ0) is 18.4. The van der Waals surface area contributed by atoms with Crippen LogP contribution in [-0.2, 0) is 12.6 Å². The van der Waals surface area contributed by atoms with Crippen molar-refractivity contribution in [2.45, 2.75) is 19.5 Å². The molecule has 1 aromatic carbocycles. The molecule has 0 amide bonds. The minimum Gasteiger partial charge on any atom is -0.477 e. The lowest BCUT2D eigenvalue weighted by atomic mass is 10.1. The van der Waals surface area contributed by atoms with Crippen LogP contribution in [0.15, 0.2) is 24.3 Å². The molecule has 2 aromatic heterocycles. The number of carboxylic acid groups (broad SMARTS) is 1. The van der Waals surface area contributed by atoms with E-state index in [1.54, 1.807) is 13.0 Å². The van der Waals surface area contributed by atoms with Crippen LogP contribution in [0.2, 0.25) is 0 Å². The first kappa shape index (κ1) is 17.6. The standard InChI is InChI=1S/C16H11F3N2O2S2/c1-7-11-13(24)20-10(21-14(11)25-12(7)15(22)23)6-8-3-2-4-9(5-8)16(17,18)19/h2-5H,6H2,1H3,(H,22,23)(H,20,21,24). The Kier molecular flexibility index (Phi) is 4.38. The predicted molar refractivity (Wildman–Crippen MR) is 90.8 cm³/mol. The molecule has 0 unspecified atom stereocenters. The molecule has 0 aliphatic carbocycles. The fraction of sp³-hybridized carbons (Fsp3) is 0.188. The number of carboxylic acids is 1. The number of aryl methyl sites for hydroxylation is 1. The maximum Gasteiger partial charge on any atom is 0.416 e. The highest BCUT2D eigenvalue weighted by Gasteiger charge is 2.30. The first-order valence-corrected chi connectivity index (χ1v) is 8.31.